The lowest BCUT2D eigenvalue weighted by atomic mass is 10.1. The number of methoxy groups -OCH3 is 1. The van der Waals surface area contributed by atoms with Crippen LogP contribution in [0.4, 0.5) is 0 Å². The van der Waals surface area contributed by atoms with Crippen molar-refractivity contribution >= 4 is 22.9 Å². The molecule has 210 valence electrons. The number of amides is 1. The van der Waals surface area contributed by atoms with E-state index < -0.39 is 0 Å². The van der Waals surface area contributed by atoms with Gasteiger partial charge in [-0.25, -0.2) is 9.78 Å². The molecule has 0 aliphatic carbocycles. The number of unbranched alkanes of at least 4 members (excludes halogenated alkanes) is 2. The molecule has 0 saturated carbocycles. The van der Waals surface area contributed by atoms with Gasteiger partial charge in [-0.15, -0.1) is 0 Å². The molecule has 7 heteroatoms. The van der Waals surface area contributed by atoms with Crippen LogP contribution in [0.5, 0.6) is 0 Å². The summed E-state index contributed by atoms with van der Waals surface area (Å²) in [5.41, 5.74) is 4.04. The number of rotatable bonds is 13. The van der Waals surface area contributed by atoms with Crippen molar-refractivity contribution < 1.29 is 14.3 Å². The Hall–Kier alpha value is -3.19. The van der Waals surface area contributed by atoms with Gasteiger partial charge in [0.2, 0.25) is 0 Å². The number of hydrogen-bond donors (Lipinski definition) is 0. The number of piperidine rings is 1. The van der Waals surface area contributed by atoms with Crippen LogP contribution in [-0.4, -0.2) is 71.1 Å². The number of ether oxygens (including phenoxy) is 1. The van der Waals surface area contributed by atoms with Gasteiger partial charge in [0.25, 0.3) is 5.91 Å². The van der Waals surface area contributed by atoms with Crippen LogP contribution in [0.3, 0.4) is 0 Å². The van der Waals surface area contributed by atoms with Gasteiger partial charge in [0.05, 0.1) is 23.7 Å². The minimum absolute atomic E-state index is 0.101. The standard InChI is InChI=1S/C32H44N4O3/c1-4-6-21-35(22-7-5-2)31(37)27-16-17-28-29(24-27)36(23-11-20-34-18-9-8-10-19-34)30(33-28)25-12-14-26(15-13-25)32(38)39-3/h12-17,24H,4-11,18-23H2,1-3H3. The molecule has 1 aliphatic rings. The number of carbonyl (C=O) groups is 2. The normalized spacial score (nSPS) is 14.0. The maximum atomic E-state index is 13.6. The third kappa shape index (κ3) is 7.27. The number of aryl methyl sites for hydroxylation is 1. The number of carbonyl (C=O) groups excluding carboxylic acids is 2. The first-order valence-corrected chi connectivity index (χ1v) is 14.8. The molecule has 7 nitrogen and oxygen atoms in total. The maximum Gasteiger partial charge on any atom is 0.337 e. The zero-order valence-corrected chi connectivity index (χ0v) is 24.0. The smallest absolute Gasteiger partial charge is 0.337 e. The fraction of sp³-hybridized carbons (Fsp3) is 0.531. The molecular formula is C32H44N4O3. The maximum absolute atomic E-state index is 13.6. The van der Waals surface area contributed by atoms with E-state index in [2.05, 4.69) is 23.3 Å². The van der Waals surface area contributed by atoms with Crippen molar-refractivity contribution in [1.82, 2.24) is 19.4 Å². The van der Waals surface area contributed by atoms with Crippen molar-refractivity contribution in [2.75, 3.05) is 39.8 Å². The van der Waals surface area contributed by atoms with E-state index in [-0.39, 0.29) is 11.9 Å². The fourth-order valence-corrected chi connectivity index (χ4v) is 5.41. The van der Waals surface area contributed by atoms with Crippen molar-refractivity contribution in [1.29, 1.82) is 0 Å². The summed E-state index contributed by atoms with van der Waals surface area (Å²) >= 11 is 0. The predicted molar refractivity (Wildman–Crippen MR) is 157 cm³/mol. The summed E-state index contributed by atoms with van der Waals surface area (Å²) in [7, 11) is 1.39. The molecule has 2 aromatic carbocycles. The molecule has 2 heterocycles. The molecule has 3 aromatic rings. The van der Waals surface area contributed by atoms with E-state index in [1.54, 1.807) is 12.1 Å². The molecule has 0 spiro atoms. The first-order valence-electron chi connectivity index (χ1n) is 14.8. The number of benzene rings is 2. The number of hydrogen-bond acceptors (Lipinski definition) is 5. The molecule has 1 aromatic heterocycles. The van der Waals surface area contributed by atoms with Gasteiger partial charge in [-0.3, -0.25) is 4.79 Å². The summed E-state index contributed by atoms with van der Waals surface area (Å²) < 4.78 is 7.12. The Kier molecular flexibility index (Phi) is 10.5. The van der Waals surface area contributed by atoms with Crippen molar-refractivity contribution in [2.45, 2.75) is 71.8 Å². The number of aromatic nitrogens is 2. The van der Waals surface area contributed by atoms with Gasteiger partial charge in [-0.2, -0.15) is 0 Å². The molecule has 1 fully saturated rings. The van der Waals surface area contributed by atoms with Crippen LogP contribution in [0, 0.1) is 0 Å². The molecule has 39 heavy (non-hydrogen) atoms. The number of esters is 1. The number of imidazole rings is 1. The molecule has 1 saturated heterocycles. The van der Waals surface area contributed by atoms with Crippen LogP contribution in [0.2, 0.25) is 0 Å². The average Bonchev–Trinajstić information content (AvgIpc) is 3.34. The zero-order valence-electron chi connectivity index (χ0n) is 24.0. The van der Waals surface area contributed by atoms with Crippen molar-refractivity contribution in [3.05, 3.63) is 53.6 Å². The summed E-state index contributed by atoms with van der Waals surface area (Å²) in [6, 6.07) is 13.4. The molecule has 0 bridgehead atoms. The highest BCUT2D eigenvalue weighted by Crippen LogP contribution is 2.27. The fourth-order valence-electron chi connectivity index (χ4n) is 5.41. The predicted octanol–water partition coefficient (Wildman–Crippen LogP) is 6.41. The summed E-state index contributed by atoms with van der Waals surface area (Å²) in [6.07, 6.45) is 9.06. The van der Waals surface area contributed by atoms with Crippen LogP contribution in [-0.2, 0) is 11.3 Å². The van der Waals surface area contributed by atoms with E-state index in [0.29, 0.717) is 5.56 Å². The monoisotopic (exact) mass is 532 g/mol. The minimum atomic E-state index is -0.351. The Labute approximate surface area is 233 Å². The van der Waals surface area contributed by atoms with Crippen LogP contribution in [0.25, 0.3) is 22.4 Å². The second kappa shape index (κ2) is 14.3. The Morgan fingerprint density at radius 2 is 1.54 bits per heavy atom. The van der Waals surface area contributed by atoms with Crippen molar-refractivity contribution in [3.63, 3.8) is 0 Å². The summed E-state index contributed by atoms with van der Waals surface area (Å²) in [5.74, 6) is 0.609. The molecule has 0 atom stereocenters. The molecular weight excluding hydrogens is 488 g/mol. The van der Waals surface area contributed by atoms with Gasteiger partial charge >= 0.3 is 5.97 Å². The molecule has 0 N–H and O–H groups in total. The lowest BCUT2D eigenvalue weighted by Crippen LogP contribution is -2.33. The van der Waals surface area contributed by atoms with Gasteiger partial charge in [0.1, 0.15) is 5.82 Å². The minimum Gasteiger partial charge on any atom is -0.465 e. The quantitative estimate of drug-likeness (QED) is 0.238. The Morgan fingerprint density at radius 3 is 2.18 bits per heavy atom. The Balaban J connectivity index is 1.66. The highest BCUT2D eigenvalue weighted by Gasteiger charge is 2.19. The lowest BCUT2D eigenvalue weighted by molar-refractivity contribution is 0.0600. The number of nitrogens with zero attached hydrogens (tertiary/aromatic N) is 4. The van der Waals surface area contributed by atoms with E-state index >= 15 is 0 Å². The van der Waals surface area contributed by atoms with E-state index in [1.807, 2.05) is 35.2 Å². The van der Waals surface area contributed by atoms with Crippen LogP contribution < -0.4 is 0 Å². The van der Waals surface area contributed by atoms with Gasteiger partial charge in [-0.05, 0) is 82.1 Å². The molecule has 0 radical (unpaired) electrons. The largest absolute Gasteiger partial charge is 0.465 e. The molecule has 0 unspecified atom stereocenters. The summed E-state index contributed by atoms with van der Waals surface area (Å²) in [6.45, 7) is 10.1. The van der Waals surface area contributed by atoms with Crippen molar-refractivity contribution in [2.24, 2.45) is 0 Å². The summed E-state index contributed by atoms with van der Waals surface area (Å²) in [5, 5.41) is 0. The second-order valence-electron chi connectivity index (χ2n) is 10.6. The lowest BCUT2D eigenvalue weighted by Gasteiger charge is -2.26. The first-order chi connectivity index (χ1) is 19.0. The van der Waals surface area contributed by atoms with E-state index in [9.17, 15) is 9.59 Å². The second-order valence-corrected chi connectivity index (χ2v) is 10.6. The highest BCUT2D eigenvalue weighted by molar-refractivity contribution is 5.98. The Bertz CT molecular complexity index is 1220. The SMILES string of the molecule is CCCCN(CCCC)C(=O)c1ccc2nc(-c3ccc(C(=O)OC)cc3)n(CCCN3CCCCC3)c2c1. The van der Waals surface area contributed by atoms with Crippen molar-refractivity contribution in [3.8, 4) is 11.4 Å². The third-order valence-electron chi connectivity index (χ3n) is 7.71. The average molecular weight is 533 g/mol. The van der Waals surface area contributed by atoms with E-state index in [0.717, 1.165) is 86.3 Å². The molecule has 4 rings (SSSR count). The third-order valence-corrected chi connectivity index (χ3v) is 7.71. The van der Waals surface area contributed by atoms with Crippen LogP contribution >= 0.6 is 0 Å². The van der Waals surface area contributed by atoms with Crippen LogP contribution in [0.1, 0.15) is 85.9 Å². The highest BCUT2D eigenvalue weighted by atomic mass is 16.5. The number of fused-ring (bicyclic) bond motifs is 1. The van der Waals surface area contributed by atoms with E-state index in [1.165, 1.54) is 39.5 Å². The van der Waals surface area contributed by atoms with Gasteiger partial charge in [-0.1, -0.05) is 45.2 Å². The topological polar surface area (TPSA) is 67.7 Å². The molecule has 1 amide bonds. The van der Waals surface area contributed by atoms with Crippen LogP contribution in [0.15, 0.2) is 42.5 Å². The zero-order chi connectivity index (χ0) is 27.6. The summed E-state index contributed by atoms with van der Waals surface area (Å²) in [4.78, 5) is 35.1. The number of likely N-dealkylation sites (tertiary alicyclic amines) is 1. The van der Waals surface area contributed by atoms with Gasteiger partial charge in [0.15, 0.2) is 0 Å². The first kappa shape index (κ1) is 28.8. The van der Waals surface area contributed by atoms with Gasteiger partial charge < -0.3 is 19.1 Å². The van der Waals surface area contributed by atoms with E-state index in [4.69, 9.17) is 9.72 Å². The van der Waals surface area contributed by atoms with Gasteiger partial charge in [0, 0.05) is 30.8 Å². The molecule has 1 aliphatic heterocycles. The Morgan fingerprint density at radius 1 is 0.872 bits per heavy atom.